The number of carbonyl (C=O) groups excluding carboxylic acids is 3. The number of halogens is 1. The van der Waals surface area contributed by atoms with Crippen molar-refractivity contribution in [3.8, 4) is 0 Å². The van der Waals surface area contributed by atoms with Crippen LogP contribution in [0.5, 0.6) is 0 Å². The first-order chi connectivity index (χ1) is 16.6. The highest BCUT2D eigenvalue weighted by atomic mass is 35.5. The highest BCUT2D eigenvalue weighted by Gasteiger charge is 2.31. The molecule has 188 valence electrons. The zero-order chi connectivity index (χ0) is 25.5. The molecule has 7 nitrogen and oxygen atoms in total. The van der Waals surface area contributed by atoms with Crippen molar-refractivity contribution in [2.45, 2.75) is 58.5 Å². The average Bonchev–Trinajstić information content (AvgIpc) is 2.82. The van der Waals surface area contributed by atoms with Gasteiger partial charge < -0.3 is 20.9 Å². The maximum Gasteiger partial charge on any atom is 0.319 e. The van der Waals surface area contributed by atoms with Crippen molar-refractivity contribution in [1.29, 1.82) is 0 Å². The lowest BCUT2D eigenvalue weighted by Gasteiger charge is -2.35. The van der Waals surface area contributed by atoms with E-state index in [-0.39, 0.29) is 29.8 Å². The number of hydrogen-bond donors (Lipinski definition) is 3. The minimum atomic E-state index is -0.629. The summed E-state index contributed by atoms with van der Waals surface area (Å²) in [7, 11) is 0. The fraction of sp³-hybridized carbons (Fsp3) is 0.444. The molecule has 0 radical (unpaired) electrons. The van der Waals surface area contributed by atoms with Crippen LogP contribution in [-0.4, -0.2) is 47.9 Å². The zero-order valence-electron chi connectivity index (χ0n) is 20.8. The number of likely N-dealkylation sites (tertiary alicyclic amines) is 1. The predicted molar refractivity (Wildman–Crippen MR) is 140 cm³/mol. The molecule has 35 heavy (non-hydrogen) atoms. The highest BCUT2D eigenvalue weighted by molar-refractivity contribution is 6.30. The van der Waals surface area contributed by atoms with Crippen LogP contribution < -0.4 is 16.0 Å². The van der Waals surface area contributed by atoms with Gasteiger partial charge in [0, 0.05) is 35.4 Å². The van der Waals surface area contributed by atoms with E-state index >= 15 is 0 Å². The van der Waals surface area contributed by atoms with Crippen molar-refractivity contribution in [3.05, 3.63) is 64.7 Å². The summed E-state index contributed by atoms with van der Waals surface area (Å²) in [4.78, 5) is 40.2. The van der Waals surface area contributed by atoms with Crippen LogP contribution in [0.3, 0.4) is 0 Å². The Hall–Kier alpha value is -3.06. The summed E-state index contributed by atoms with van der Waals surface area (Å²) in [6, 6.07) is 13.6. The predicted octanol–water partition coefficient (Wildman–Crippen LogP) is 5.03. The van der Waals surface area contributed by atoms with Gasteiger partial charge in [-0.1, -0.05) is 43.6 Å². The standard InChI is InChI=1S/C27H35ClN4O3/c1-17(2)24(26(34)32-14-12-20(13-15-32)19-8-10-22(28)11-9-19)31-25(33)21-6-5-7-23(16-21)30-27(35)29-18(3)4/h5-11,16-18,20,24H,12-15H2,1-4H3,(H,31,33)(H2,29,30,35)/t24-/m1/s1. The second-order valence-corrected chi connectivity index (χ2v) is 10.1. The summed E-state index contributed by atoms with van der Waals surface area (Å²) in [5.41, 5.74) is 2.13. The van der Waals surface area contributed by atoms with E-state index in [0.29, 0.717) is 30.3 Å². The van der Waals surface area contributed by atoms with Gasteiger partial charge in [-0.15, -0.1) is 0 Å². The molecule has 0 aromatic heterocycles. The quantitative estimate of drug-likeness (QED) is 0.500. The highest BCUT2D eigenvalue weighted by Crippen LogP contribution is 2.29. The summed E-state index contributed by atoms with van der Waals surface area (Å²) in [5, 5.41) is 9.11. The van der Waals surface area contributed by atoms with Crippen molar-refractivity contribution in [2.24, 2.45) is 5.92 Å². The van der Waals surface area contributed by atoms with Crippen LogP contribution in [0.25, 0.3) is 0 Å². The molecule has 2 aromatic carbocycles. The fourth-order valence-electron chi connectivity index (χ4n) is 4.27. The Morgan fingerprint density at radius 2 is 1.60 bits per heavy atom. The topological polar surface area (TPSA) is 90.5 Å². The van der Waals surface area contributed by atoms with Gasteiger partial charge in [-0.25, -0.2) is 4.79 Å². The summed E-state index contributed by atoms with van der Waals surface area (Å²) in [6.07, 6.45) is 1.75. The Kier molecular flexibility index (Phi) is 9.15. The minimum absolute atomic E-state index is 0.00412. The Morgan fingerprint density at radius 1 is 0.943 bits per heavy atom. The number of piperidine rings is 1. The van der Waals surface area contributed by atoms with Gasteiger partial charge in [-0.3, -0.25) is 9.59 Å². The lowest BCUT2D eigenvalue weighted by Crippen LogP contribution is -2.52. The van der Waals surface area contributed by atoms with Crippen LogP contribution >= 0.6 is 11.6 Å². The summed E-state index contributed by atoms with van der Waals surface area (Å²) < 4.78 is 0. The Balaban J connectivity index is 1.61. The van der Waals surface area contributed by atoms with E-state index in [2.05, 4.69) is 28.1 Å². The lowest BCUT2D eigenvalue weighted by molar-refractivity contribution is -0.135. The smallest absolute Gasteiger partial charge is 0.319 e. The number of hydrogen-bond acceptors (Lipinski definition) is 3. The van der Waals surface area contributed by atoms with E-state index < -0.39 is 6.04 Å². The van der Waals surface area contributed by atoms with Gasteiger partial charge in [0.15, 0.2) is 0 Å². The van der Waals surface area contributed by atoms with E-state index in [1.165, 1.54) is 5.56 Å². The van der Waals surface area contributed by atoms with E-state index in [1.807, 2.05) is 44.7 Å². The molecule has 4 amide bonds. The Morgan fingerprint density at radius 3 is 2.20 bits per heavy atom. The van der Waals surface area contributed by atoms with E-state index in [4.69, 9.17) is 11.6 Å². The molecule has 0 spiro atoms. The minimum Gasteiger partial charge on any atom is -0.341 e. The van der Waals surface area contributed by atoms with E-state index in [1.54, 1.807) is 24.3 Å². The van der Waals surface area contributed by atoms with Crippen LogP contribution in [-0.2, 0) is 4.79 Å². The summed E-state index contributed by atoms with van der Waals surface area (Å²) in [5.74, 6) is -0.0837. The number of nitrogens with one attached hydrogen (secondary N) is 3. The molecule has 0 saturated carbocycles. The van der Waals surface area contributed by atoms with Crippen molar-refractivity contribution in [1.82, 2.24) is 15.5 Å². The third kappa shape index (κ3) is 7.46. The Labute approximate surface area is 212 Å². The van der Waals surface area contributed by atoms with Gasteiger partial charge in [-0.2, -0.15) is 0 Å². The number of anilines is 1. The van der Waals surface area contributed by atoms with E-state index in [0.717, 1.165) is 17.9 Å². The molecule has 2 aromatic rings. The molecule has 1 fully saturated rings. The molecule has 8 heteroatoms. The van der Waals surface area contributed by atoms with Gasteiger partial charge in [0.2, 0.25) is 5.91 Å². The largest absolute Gasteiger partial charge is 0.341 e. The molecule has 1 atom stereocenters. The third-order valence-corrected chi connectivity index (χ3v) is 6.42. The first-order valence-electron chi connectivity index (χ1n) is 12.2. The summed E-state index contributed by atoms with van der Waals surface area (Å²) in [6.45, 7) is 8.89. The van der Waals surface area contributed by atoms with Crippen molar-refractivity contribution >= 4 is 35.1 Å². The molecule has 1 saturated heterocycles. The maximum atomic E-state index is 13.3. The van der Waals surface area contributed by atoms with Gasteiger partial charge >= 0.3 is 6.03 Å². The number of rotatable bonds is 7. The fourth-order valence-corrected chi connectivity index (χ4v) is 4.40. The SMILES string of the molecule is CC(C)NC(=O)Nc1cccc(C(=O)N[C@@H](C(=O)N2CCC(c3ccc(Cl)cc3)CC2)C(C)C)c1. The second-order valence-electron chi connectivity index (χ2n) is 9.68. The van der Waals surface area contributed by atoms with Crippen LogP contribution in [0.1, 0.15) is 62.4 Å². The molecular formula is C27H35ClN4O3. The number of benzene rings is 2. The zero-order valence-corrected chi connectivity index (χ0v) is 21.6. The molecule has 0 unspecified atom stereocenters. The second kappa shape index (κ2) is 12.1. The molecule has 3 rings (SSSR count). The Bertz CT molecular complexity index is 1030. The normalized spacial score (nSPS) is 15.1. The summed E-state index contributed by atoms with van der Waals surface area (Å²) >= 11 is 6.01. The van der Waals surface area contributed by atoms with Crippen LogP contribution in [0.4, 0.5) is 10.5 Å². The molecule has 1 aliphatic rings. The number of carbonyl (C=O) groups is 3. The number of amides is 4. The van der Waals surface area contributed by atoms with Gasteiger partial charge in [-0.05, 0) is 74.4 Å². The molecule has 0 aliphatic carbocycles. The molecule has 1 aliphatic heterocycles. The molecule has 0 bridgehead atoms. The number of nitrogens with zero attached hydrogens (tertiary/aromatic N) is 1. The van der Waals surface area contributed by atoms with Crippen LogP contribution in [0.2, 0.25) is 5.02 Å². The molecule has 1 heterocycles. The van der Waals surface area contributed by atoms with Crippen molar-refractivity contribution in [3.63, 3.8) is 0 Å². The van der Waals surface area contributed by atoms with Crippen molar-refractivity contribution < 1.29 is 14.4 Å². The van der Waals surface area contributed by atoms with Gasteiger partial charge in [0.05, 0.1) is 0 Å². The van der Waals surface area contributed by atoms with Gasteiger partial charge in [0.1, 0.15) is 6.04 Å². The van der Waals surface area contributed by atoms with Crippen LogP contribution in [0.15, 0.2) is 48.5 Å². The third-order valence-electron chi connectivity index (χ3n) is 6.17. The monoisotopic (exact) mass is 498 g/mol. The lowest BCUT2D eigenvalue weighted by atomic mass is 9.89. The van der Waals surface area contributed by atoms with Gasteiger partial charge in [0.25, 0.3) is 5.91 Å². The van der Waals surface area contributed by atoms with Crippen LogP contribution in [0, 0.1) is 5.92 Å². The number of urea groups is 1. The average molecular weight is 499 g/mol. The maximum absolute atomic E-state index is 13.3. The van der Waals surface area contributed by atoms with E-state index in [9.17, 15) is 14.4 Å². The molecular weight excluding hydrogens is 464 g/mol. The first-order valence-corrected chi connectivity index (χ1v) is 12.5. The van der Waals surface area contributed by atoms with Crippen molar-refractivity contribution in [2.75, 3.05) is 18.4 Å². The first kappa shape index (κ1) is 26.5. The molecule has 3 N–H and O–H groups in total.